The van der Waals surface area contributed by atoms with Crippen molar-refractivity contribution in [3.05, 3.63) is 53.1 Å². The van der Waals surface area contributed by atoms with Gasteiger partial charge in [-0.15, -0.1) is 0 Å². The number of rotatable bonds is 5. The van der Waals surface area contributed by atoms with E-state index in [0.717, 1.165) is 29.9 Å². The molecule has 4 heteroatoms. The third-order valence-corrected chi connectivity index (χ3v) is 3.21. The highest BCUT2D eigenvalue weighted by molar-refractivity contribution is 5.29. The molecule has 1 aromatic carbocycles. The van der Waals surface area contributed by atoms with Gasteiger partial charge in [0, 0.05) is 7.05 Å². The first kappa shape index (κ1) is 13.7. The maximum atomic E-state index is 13.4. The zero-order valence-corrected chi connectivity index (χ0v) is 11.7. The molecule has 0 radical (unpaired) electrons. The van der Waals surface area contributed by atoms with E-state index in [1.54, 1.807) is 12.1 Å². The van der Waals surface area contributed by atoms with Gasteiger partial charge in [-0.2, -0.15) is 5.10 Å². The number of aryl methyl sites for hydroxylation is 2. The Morgan fingerprint density at radius 3 is 2.68 bits per heavy atom. The highest BCUT2D eigenvalue weighted by Crippen LogP contribution is 2.23. The van der Waals surface area contributed by atoms with Crippen molar-refractivity contribution in [2.45, 2.75) is 26.3 Å². The van der Waals surface area contributed by atoms with E-state index in [0.29, 0.717) is 0 Å². The van der Waals surface area contributed by atoms with Crippen LogP contribution >= 0.6 is 0 Å². The summed E-state index contributed by atoms with van der Waals surface area (Å²) >= 11 is 0. The van der Waals surface area contributed by atoms with Crippen LogP contribution in [0.3, 0.4) is 0 Å². The Balaban J connectivity index is 2.41. The summed E-state index contributed by atoms with van der Waals surface area (Å²) in [5.41, 5.74) is 3.04. The molecule has 2 aromatic rings. The van der Waals surface area contributed by atoms with Crippen LogP contribution in [0.4, 0.5) is 4.39 Å². The fourth-order valence-corrected chi connectivity index (χ4v) is 2.27. The van der Waals surface area contributed by atoms with E-state index >= 15 is 0 Å². The molecule has 0 aliphatic rings. The Morgan fingerprint density at radius 1 is 1.32 bits per heavy atom. The lowest BCUT2D eigenvalue weighted by Crippen LogP contribution is -2.24. The molecule has 0 bridgehead atoms. The molecule has 1 heterocycles. The quantitative estimate of drug-likeness (QED) is 0.897. The lowest BCUT2D eigenvalue weighted by Gasteiger charge is -2.18. The molecule has 3 nitrogen and oxygen atoms in total. The van der Waals surface area contributed by atoms with Crippen molar-refractivity contribution >= 4 is 0 Å². The average Bonchev–Trinajstić information content (AvgIpc) is 2.77. The first-order chi connectivity index (χ1) is 9.15. The van der Waals surface area contributed by atoms with Crippen LogP contribution in [0.1, 0.15) is 36.8 Å². The lowest BCUT2D eigenvalue weighted by atomic mass is 10.0. The SMILES string of the molecule is CCNC(c1cccc(F)c1)c1cc(CC)nn1C. The molecule has 0 aliphatic carbocycles. The minimum absolute atomic E-state index is 0.0292. The summed E-state index contributed by atoms with van der Waals surface area (Å²) in [6.45, 7) is 4.94. The van der Waals surface area contributed by atoms with Crippen LogP contribution in [0, 0.1) is 5.82 Å². The van der Waals surface area contributed by atoms with E-state index in [1.165, 1.54) is 6.07 Å². The Bertz CT molecular complexity index is 548. The van der Waals surface area contributed by atoms with Gasteiger partial charge in [-0.3, -0.25) is 4.68 Å². The zero-order chi connectivity index (χ0) is 13.8. The zero-order valence-electron chi connectivity index (χ0n) is 11.7. The number of hydrogen-bond donors (Lipinski definition) is 1. The van der Waals surface area contributed by atoms with Crippen LogP contribution in [0.2, 0.25) is 0 Å². The van der Waals surface area contributed by atoms with Crippen molar-refractivity contribution in [2.24, 2.45) is 7.05 Å². The second-order valence-corrected chi connectivity index (χ2v) is 4.58. The maximum absolute atomic E-state index is 13.4. The minimum atomic E-state index is -0.210. The van der Waals surface area contributed by atoms with Gasteiger partial charge in [-0.25, -0.2) is 4.39 Å². The third-order valence-electron chi connectivity index (χ3n) is 3.21. The van der Waals surface area contributed by atoms with Crippen molar-refractivity contribution in [2.75, 3.05) is 6.54 Å². The molecular weight excluding hydrogens is 241 g/mol. The van der Waals surface area contributed by atoms with E-state index in [4.69, 9.17) is 0 Å². The summed E-state index contributed by atoms with van der Waals surface area (Å²) in [4.78, 5) is 0. The van der Waals surface area contributed by atoms with Crippen molar-refractivity contribution in [3.63, 3.8) is 0 Å². The molecule has 1 aromatic heterocycles. The van der Waals surface area contributed by atoms with Gasteiger partial charge in [-0.1, -0.05) is 26.0 Å². The molecule has 0 fully saturated rings. The number of halogens is 1. The number of hydrogen-bond acceptors (Lipinski definition) is 2. The predicted octanol–water partition coefficient (Wildman–Crippen LogP) is 2.82. The van der Waals surface area contributed by atoms with Crippen LogP contribution in [-0.2, 0) is 13.5 Å². The Morgan fingerprint density at radius 2 is 2.11 bits per heavy atom. The van der Waals surface area contributed by atoms with Gasteiger partial charge < -0.3 is 5.32 Å². The fourth-order valence-electron chi connectivity index (χ4n) is 2.27. The summed E-state index contributed by atoms with van der Waals surface area (Å²) in [5, 5.41) is 7.86. The largest absolute Gasteiger partial charge is 0.305 e. The number of nitrogens with zero attached hydrogens (tertiary/aromatic N) is 2. The van der Waals surface area contributed by atoms with Gasteiger partial charge in [0.1, 0.15) is 5.82 Å². The summed E-state index contributed by atoms with van der Waals surface area (Å²) < 4.78 is 15.3. The highest BCUT2D eigenvalue weighted by Gasteiger charge is 2.18. The molecule has 2 rings (SSSR count). The van der Waals surface area contributed by atoms with Crippen LogP contribution in [0.25, 0.3) is 0 Å². The molecule has 1 unspecified atom stereocenters. The van der Waals surface area contributed by atoms with Crippen molar-refractivity contribution in [3.8, 4) is 0 Å². The lowest BCUT2D eigenvalue weighted by molar-refractivity contribution is 0.564. The summed E-state index contributed by atoms with van der Waals surface area (Å²) in [5.74, 6) is -0.210. The molecule has 102 valence electrons. The van der Waals surface area contributed by atoms with E-state index < -0.39 is 0 Å². The maximum Gasteiger partial charge on any atom is 0.123 e. The first-order valence-corrected chi connectivity index (χ1v) is 6.67. The van der Waals surface area contributed by atoms with Gasteiger partial charge in [-0.05, 0) is 36.7 Å². The molecule has 0 aliphatic heterocycles. The van der Waals surface area contributed by atoms with Crippen molar-refractivity contribution in [1.29, 1.82) is 0 Å². The molecule has 0 saturated heterocycles. The van der Waals surface area contributed by atoms with E-state index in [1.807, 2.05) is 24.7 Å². The molecule has 19 heavy (non-hydrogen) atoms. The van der Waals surface area contributed by atoms with E-state index in [2.05, 4.69) is 23.4 Å². The fraction of sp³-hybridized carbons (Fsp3) is 0.400. The number of benzene rings is 1. The standard InChI is InChI=1S/C15H20FN3/c1-4-13-10-14(19(3)18-13)15(17-5-2)11-7-6-8-12(16)9-11/h6-10,15,17H,4-5H2,1-3H3. The Kier molecular flexibility index (Phi) is 4.32. The average molecular weight is 261 g/mol. The van der Waals surface area contributed by atoms with Gasteiger partial charge in [0.25, 0.3) is 0 Å². The Labute approximate surface area is 113 Å². The van der Waals surface area contributed by atoms with Crippen LogP contribution in [0.15, 0.2) is 30.3 Å². The van der Waals surface area contributed by atoms with Gasteiger partial charge >= 0.3 is 0 Å². The predicted molar refractivity (Wildman–Crippen MR) is 74.5 cm³/mol. The molecule has 1 N–H and O–H groups in total. The Hall–Kier alpha value is -1.68. The van der Waals surface area contributed by atoms with Gasteiger partial charge in [0.2, 0.25) is 0 Å². The monoisotopic (exact) mass is 261 g/mol. The smallest absolute Gasteiger partial charge is 0.123 e. The van der Waals surface area contributed by atoms with Crippen LogP contribution < -0.4 is 5.32 Å². The van der Waals surface area contributed by atoms with Crippen molar-refractivity contribution < 1.29 is 4.39 Å². The minimum Gasteiger partial charge on any atom is -0.305 e. The molecular formula is C15H20FN3. The van der Waals surface area contributed by atoms with Crippen molar-refractivity contribution in [1.82, 2.24) is 15.1 Å². The van der Waals surface area contributed by atoms with Gasteiger partial charge in [0.15, 0.2) is 0 Å². The van der Waals surface area contributed by atoms with E-state index in [9.17, 15) is 4.39 Å². The summed E-state index contributed by atoms with van der Waals surface area (Å²) in [6, 6.07) is 8.77. The second kappa shape index (κ2) is 5.97. The second-order valence-electron chi connectivity index (χ2n) is 4.58. The molecule has 0 spiro atoms. The number of nitrogens with one attached hydrogen (secondary N) is 1. The summed E-state index contributed by atoms with van der Waals surface area (Å²) in [7, 11) is 1.93. The van der Waals surface area contributed by atoms with Crippen LogP contribution in [0.5, 0.6) is 0 Å². The molecule has 0 amide bonds. The highest BCUT2D eigenvalue weighted by atomic mass is 19.1. The third kappa shape index (κ3) is 3.01. The van der Waals surface area contributed by atoms with Gasteiger partial charge in [0.05, 0.1) is 17.4 Å². The normalized spacial score (nSPS) is 12.6. The topological polar surface area (TPSA) is 29.9 Å². The molecule has 0 saturated carbocycles. The molecule has 1 atom stereocenters. The number of aromatic nitrogens is 2. The first-order valence-electron chi connectivity index (χ1n) is 6.67. The summed E-state index contributed by atoms with van der Waals surface area (Å²) in [6.07, 6.45) is 0.899. The van der Waals surface area contributed by atoms with E-state index in [-0.39, 0.29) is 11.9 Å². The van der Waals surface area contributed by atoms with Crippen LogP contribution in [-0.4, -0.2) is 16.3 Å².